The second kappa shape index (κ2) is 6.16. The lowest BCUT2D eigenvalue weighted by atomic mass is 9.86. The Kier molecular flexibility index (Phi) is 4.79. The maximum Gasteiger partial charge on any atom is 0.156 e. The Hall–Kier alpha value is -0.410. The van der Waals surface area contributed by atoms with E-state index in [2.05, 4.69) is 28.2 Å². The second-order valence-corrected chi connectivity index (χ2v) is 6.27. The average Bonchev–Trinajstić information content (AvgIpc) is 2.31. The topological polar surface area (TPSA) is 21.3 Å². The van der Waals surface area contributed by atoms with Crippen molar-refractivity contribution in [2.24, 2.45) is 5.92 Å². The van der Waals surface area contributed by atoms with E-state index in [1.54, 1.807) is 7.11 Å². The highest BCUT2D eigenvalue weighted by atomic mass is 79.9. The number of benzene rings is 1. The third-order valence-corrected chi connectivity index (χ3v) is 4.47. The third-order valence-electron chi connectivity index (χ3n) is 3.66. The van der Waals surface area contributed by atoms with Gasteiger partial charge < -0.3 is 10.1 Å². The van der Waals surface area contributed by atoms with E-state index in [9.17, 15) is 0 Å². The summed E-state index contributed by atoms with van der Waals surface area (Å²) in [7, 11) is 1.68. The van der Waals surface area contributed by atoms with Crippen molar-refractivity contribution in [3.05, 3.63) is 21.6 Å². The lowest BCUT2D eigenvalue weighted by Gasteiger charge is -2.31. The summed E-state index contributed by atoms with van der Waals surface area (Å²) in [6.45, 7) is 2.31. The van der Waals surface area contributed by atoms with Gasteiger partial charge in [0.2, 0.25) is 0 Å². The maximum absolute atomic E-state index is 6.11. The van der Waals surface area contributed by atoms with E-state index >= 15 is 0 Å². The average molecular weight is 333 g/mol. The molecular weight excluding hydrogens is 314 g/mol. The molecule has 1 aliphatic rings. The molecule has 1 aromatic carbocycles. The normalized spacial score (nSPS) is 23.8. The molecule has 0 aliphatic heterocycles. The van der Waals surface area contributed by atoms with Crippen molar-refractivity contribution >= 4 is 33.2 Å². The lowest BCUT2D eigenvalue weighted by molar-refractivity contribution is 0.347. The molecule has 0 aromatic heterocycles. The number of hydrogen-bond donors (Lipinski definition) is 1. The number of halogens is 2. The molecule has 1 aliphatic carbocycles. The van der Waals surface area contributed by atoms with Crippen LogP contribution in [0.5, 0.6) is 5.75 Å². The first-order valence-corrected chi connectivity index (χ1v) is 7.58. The van der Waals surface area contributed by atoms with Gasteiger partial charge in [-0.2, -0.15) is 0 Å². The minimum Gasteiger partial charge on any atom is -0.493 e. The van der Waals surface area contributed by atoms with Crippen LogP contribution in [0.1, 0.15) is 32.6 Å². The quantitative estimate of drug-likeness (QED) is 0.831. The summed E-state index contributed by atoms with van der Waals surface area (Å²) in [6, 6.07) is 4.31. The second-order valence-electron chi connectivity index (χ2n) is 4.98. The van der Waals surface area contributed by atoms with Crippen molar-refractivity contribution in [1.82, 2.24) is 0 Å². The van der Waals surface area contributed by atoms with Gasteiger partial charge in [-0.1, -0.05) is 31.4 Å². The molecule has 2 rings (SSSR count). The summed E-state index contributed by atoms with van der Waals surface area (Å²) in [4.78, 5) is 0. The van der Waals surface area contributed by atoms with Crippen LogP contribution in [0.3, 0.4) is 0 Å². The molecule has 2 unspecified atom stereocenters. The Morgan fingerprint density at radius 3 is 2.72 bits per heavy atom. The van der Waals surface area contributed by atoms with Crippen LogP contribution in [-0.2, 0) is 0 Å². The Morgan fingerprint density at radius 1 is 1.33 bits per heavy atom. The molecular formula is C14H19BrClNO. The molecule has 1 fully saturated rings. The summed E-state index contributed by atoms with van der Waals surface area (Å²) in [5, 5.41) is 4.31. The number of anilines is 1. The zero-order chi connectivity index (χ0) is 13.1. The monoisotopic (exact) mass is 331 g/mol. The minimum atomic E-state index is 0.512. The van der Waals surface area contributed by atoms with Gasteiger partial charge in [-0.25, -0.2) is 0 Å². The van der Waals surface area contributed by atoms with Crippen molar-refractivity contribution in [2.75, 3.05) is 12.4 Å². The van der Waals surface area contributed by atoms with Gasteiger partial charge in [-0.15, -0.1) is 0 Å². The molecule has 0 radical (unpaired) electrons. The van der Waals surface area contributed by atoms with E-state index in [4.69, 9.17) is 16.3 Å². The molecule has 1 aromatic rings. The van der Waals surface area contributed by atoms with Crippen molar-refractivity contribution in [1.29, 1.82) is 0 Å². The van der Waals surface area contributed by atoms with Crippen LogP contribution in [0.2, 0.25) is 5.02 Å². The number of rotatable bonds is 3. The zero-order valence-corrected chi connectivity index (χ0v) is 13.1. The standard InChI is InChI=1S/C14H19BrClNO/c1-9-5-3-4-6-12(9)17-13-8-10(16)7-11(15)14(13)18-2/h7-9,12,17H,3-6H2,1-2H3. The molecule has 0 heterocycles. The summed E-state index contributed by atoms with van der Waals surface area (Å²) < 4.78 is 6.33. The molecule has 1 N–H and O–H groups in total. The molecule has 100 valence electrons. The van der Waals surface area contributed by atoms with Crippen LogP contribution in [-0.4, -0.2) is 13.2 Å². The summed E-state index contributed by atoms with van der Waals surface area (Å²) in [5.74, 6) is 1.53. The van der Waals surface area contributed by atoms with E-state index in [1.807, 2.05) is 12.1 Å². The first kappa shape index (κ1) is 14.0. The van der Waals surface area contributed by atoms with Gasteiger partial charge in [0, 0.05) is 11.1 Å². The summed E-state index contributed by atoms with van der Waals surface area (Å²) >= 11 is 9.60. The first-order chi connectivity index (χ1) is 8.61. The largest absolute Gasteiger partial charge is 0.493 e. The molecule has 0 saturated heterocycles. The highest BCUT2D eigenvalue weighted by molar-refractivity contribution is 9.10. The molecule has 4 heteroatoms. The van der Waals surface area contributed by atoms with Gasteiger partial charge in [0.05, 0.1) is 17.3 Å². The predicted molar refractivity (Wildman–Crippen MR) is 80.7 cm³/mol. The first-order valence-electron chi connectivity index (χ1n) is 6.41. The Balaban J connectivity index is 2.22. The molecule has 0 bridgehead atoms. The molecule has 2 nitrogen and oxygen atoms in total. The number of hydrogen-bond acceptors (Lipinski definition) is 2. The molecule has 0 spiro atoms. The Bertz CT molecular complexity index is 425. The molecule has 0 amide bonds. The SMILES string of the molecule is COc1c(Br)cc(Cl)cc1NC1CCCCC1C. The van der Waals surface area contributed by atoms with Gasteiger partial charge in [0.25, 0.3) is 0 Å². The van der Waals surface area contributed by atoms with Crippen molar-refractivity contribution in [2.45, 2.75) is 38.6 Å². The van der Waals surface area contributed by atoms with Crippen molar-refractivity contribution < 1.29 is 4.74 Å². The predicted octanol–water partition coefficient (Wildman–Crippen LogP) is 5.10. The maximum atomic E-state index is 6.11. The van der Waals surface area contributed by atoms with Crippen molar-refractivity contribution in [3.8, 4) is 5.75 Å². The fourth-order valence-electron chi connectivity index (χ4n) is 2.61. The lowest BCUT2D eigenvalue weighted by Crippen LogP contribution is -2.30. The van der Waals surface area contributed by atoms with Gasteiger partial charge in [-0.3, -0.25) is 0 Å². The van der Waals surface area contributed by atoms with E-state index < -0.39 is 0 Å². The van der Waals surface area contributed by atoms with Gasteiger partial charge in [0.15, 0.2) is 5.75 Å². The van der Waals surface area contributed by atoms with E-state index in [0.717, 1.165) is 15.9 Å². The highest BCUT2D eigenvalue weighted by Crippen LogP contribution is 2.38. The van der Waals surface area contributed by atoms with E-state index in [0.29, 0.717) is 17.0 Å². The van der Waals surface area contributed by atoms with Crippen LogP contribution in [0.4, 0.5) is 5.69 Å². The highest BCUT2D eigenvalue weighted by Gasteiger charge is 2.22. The van der Waals surface area contributed by atoms with Crippen LogP contribution < -0.4 is 10.1 Å². The molecule has 1 saturated carbocycles. The van der Waals surface area contributed by atoms with Crippen LogP contribution in [0, 0.1) is 5.92 Å². The number of methoxy groups -OCH3 is 1. The minimum absolute atomic E-state index is 0.512. The van der Waals surface area contributed by atoms with Gasteiger partial charge in [-0.05, 0) is 46.8 Å². The zero-order valence-electron chi connectivity index (χ0n) is 10.8. The summed E-state index contributed by atoms with van der Waals surface area (Å²) in [5.41, 5.74) is 0.982. The molecule has 18 heavy (non-hydrogen) atoms. The van der Waals surface area contributed by atoms with E-state index in [1.165, 1.54) is 25.7 Å². The van der Waals surface area contributed by atoms with Crippen LogP contribution in [0.15, 0.2) is 16.6 Å². The van der Waals surface area contributed by atoms with Crippen molar-refractivity contribution in [3.63, 3.8) is 0 Å². The van der Waals surface area contributed by atoms with Crippen LogP contribution >= 0.6 is 27.5 Å². The number of ether oxygens (including phenoxy) is 1. The smallest absolute Gasteiger partial charge is 0.156 e. The van der Waals surface area contributed by atoms with Gasteiger partial charge >= 0.3 is 0 Å². The van der Waals surface area contributed by atoms with E-state index in [-0.39, 0.29) is 0 Å². The fraction of sp³-hybridized carbons (Fsp3) is 0.571. The van der Waals surface area contributed by atoms with Crippen LogP contribution in [0.25, 0.3) is 0 Å². The fourth-order valence-corrected chi connectivity index (χ4v) is 3.58. The number of nitrogens with one attached hydrogen (secondary N) is 1. The Morgan fingerprint density at radius 2 is 2.06 bits per heavy atom. The third kappa shape index (κ3) is 3.12. The summed E-state index contributed by atoms with van der Waals surface area (Å²) in [6.07, 6.45) is 5.15. The van der Waals surface area contributed by atoms with Gasteiger partial charge in [0.1, 0.15) is 0 Å². The molecule has 2 atom stereocenters. The Labute approximate surface area is 122 Å².